The van der Waals surface area contributed by atoms with Gasteiger partial charge in [-0.05, 0) is 25.4 Å². The van der Waals surface area contributed by atoms with Crippen LogP contribution in [-0.4, -0.2) is 41.0 Å². The summed E-state index contributed by atoms with van der Waals surface area (Å²) in [6.45, 7) is 2.80. The Balaban J connectivity index is 2.13. The van der Waals surface area contributed by atoms with E-state index in [0.717, 1.165) is 0 Å². The van der Waals surface area contributed by atoms with E-state index in [9.17, 15) is 0 Å². The lowest BCUT2D eigenvalue weighted by Crippen LogP contribution is -2.24. The van der Waals surface area contributed by atoms with Crippen molar-refractivity contribution in [3.05, 3.63) is 28.2 Å². The lowest BCUT2D eigenvalue weighted by atomic mass is 10.2. The third-order valence-electron chi connectivity index (χ3n) is 3.09. The Morgan fingerprint density at radius 1 is 1.25 bits per heavy atom. The molecule has 0 spiro atoms. The Morgan fingerprint density at radius 3 is 2.60 bits per heavy atom. The number of rotatable bonds is 5. The van der Waals surface area contributed by atoms with Gasteiger partial charge in [0.2, 0.25) is 11.9 Å². The number of aromatic nitrogens is 3. The van der Waals surface area contributed by atoms with Crippen LogP contribution in [0.2, 0.25) is 0 Å². The van der Waals surface area contributed by atoms with E-state index in [2.05, 4.69) is 51.3 Å². The molecule has 0 amide bonds. The first-order chi connectivity index (χ1) is 9.47. The molecular weight excluding hydrogens is 272 g/mol. The van der Waals surface area contributed by atoms with Crippen molar-refractivity contribution < 1.29 is 0 Å². The summed E-state index contributed by atoms with van der Waals surface area (Å²) in [5.74, 6) is 1.53. The van der Waals surface area contributed by atoms with Gasteiger partial charge in [-0.1, -0.05) is 6.07 Å². The molecule has 0 aliphatic heterocycles. The van der Waals surface area contributed by atoms with Gasteiger partial charge in [-0.3, -0.25) is 4.90 Å². The molecule has 2 aromatic heterocycles. The normalized spacial score (nSPS) is 12.7. The van der Waals surface area contributed by atoms with Crippen molar-refractivity contribution in [3.63, 3.8) is 0 Å². The second kappa shape index (κ2) is 6.15. The number of nitrogens with zero attached hydrogens (tertiary/aromatic N) is 5. The molecule has 7 heteroatoms. The van der Waals surface area contributed by atoms with Gasteiger partial charge in [0.05, 0.1) is 6.54 Å². The van der Waals surface area contributed by atoms with Crippen molar-refractivity contribution in [3.8, 4) is 0 Å². The summed E-state index contributed by atoms with van der Waals surface area (Å²) >= 11 is 1.75. The van der Waals surface area contributed by atoms with E-state index in [4.69, 9.17) is 5.73 Å². The maximum absolute atomic E-state index is 5.74. The molecule has 2 heterocycles. The molecule has 20 heavy (non-hydrogen) atoms. The van der Waals surface area contributed by atoms with Crippen molar-refractivity contribution in [1.29, 1.82) is 0 Å². The molecule has 0 radical (unpaired) electrons. The Morgan fingerprint density at radius 2 is 2.00 bits per heavy atom. The van der Waals surface area contributed by atoms with Gasteiger partial charge >= 0.3 is 0 Å². The number of hydrogen-bond donors (Lipinski definition) is 1. The fraction of sp³-hybridized carbons (Fsp3) is 0.462. The third kappa shape index (κ3) is 3.43. The summed E-state index contributed by atoms with van der Waals surface area (Å²) in [4.78, 5) is 18.1. The van der Waals surface area contributed by atoms with Crippen molar-refractivity contribution in [2.24, 2.45) is 0 Å². The smallest absolute Gasteiger partial charge is 0.229 e. The van der Waals surface area contributed by atoms with Crippen LogP contribution in [0, 0.1) is 0 Å². The molecule has 2 aromatic rings. The van der Waals surface area contributed by atoms with Crippen LogP contribution in [-0.2, 0) is 6.54 Å². The molecular formula is C13H20N6S. The van der Waals surface area contributed by atoms with E-state index >= 15 is 0 Å². The van der Waals surface area contributed by atoms with Crippen LogP contribution in [0.5, 0.6) is 0 Å². The van der Waals surface area contributed by atoms with E-state index in [1.54, 1.807) is 11.3 Å². The molecule has 108 valence electrons. The highest BCUT2D eigenvalue weighted by atomic mass is 32.1. The number of thiophene rings is 1. The van der Waals surface area contributed by atoms with Gasteiger partial charge in [0.15, 0.2) is 0 Å². The van der Waals surface area contributed by atoms with Crippen LogP contribution in [0.4, 0.5) is 11.9 Å². The molecule has 0 bridgehead atoms. The Hall–Kier alpha value is -1.73. The van der Waals surface area contributed by atoms with Crippen molar-refractivity contribution in [2.75, 3.05) is 31.8 Å². The molecule has 0 aliphatic rings. The van der Waals surface area contributed by atoms with Crippen LogP contribution in [0.3, 0.4) is 0 Å². The van der Waals surface area contributed by atoms with Gasteiger partial charge in [0.25, 0.3) is 0 Å². The van der Waals surface area contributed by atoms with E-state index in [-0.39, 0.29) is 5.95 Å². The Labute approximate surface area is 123 Å². The maximum Gasteiger partial charge on any atom is 0.229 e. The standard InChI is InChI=1S/C13H20N6S/c1-9(10-6-5-7-20-10)19(4)8-11-15-12(14)17-13(16-11)18(2)3/h5-7,9H,8H2,1-4H3,(H2,14,15,16,17). The summed E-state index contributed by atoms with van der Waals surface area (Å²) in [5, 5.41) is 2.09. The molecule has 2 N–H and O–H groups in total. The van der Waals surface area contributed by atoms with Crippen molar-refractivity contribution in [2.45, 2.75) is 19.5 Å². The van der Waals surface area contributed by atoms with Gasteiger partial charge in [-0.25, -0.2) is 0 Å². The highest BCUT2D eigenvalue weighted by molar-refractivity contribution is 7.10. The zero-order chi connectivity index (χ0) is 14.7. The van der Waals surface area contributed by atoms with Crippen LogP contribution in [0.1, 0.15) is 23.7 Å². The average molecular weight is 292 g/mol. The van der Waals surface area contributed by atoms with Crippen molar-refractivity contribution in [1.82, 2.24) is 19.9 Å². The number of nitrogens with two attached hydrogens (primary N) is 1. The summed E-state index contributed by atoms with van der Waals surface area (Å²) in [6.07, 6.45) is 0. The summed E-state index contributed by atoms with van der Waals surface area (Å²) < 4.78 is 0. The lowest BCUT2D eigenvalue weighted by Gasteiger charge is -2.23. The van der Waals surface area contributed by atoms with Gasteiger partial charge in [0, 0.05) is 25.0 Å². The zero-order valence-electron chi connectivity index (χ0n) is 12.2. The molecule has 0 fully saturated rings. The van der Waals surface area contributed by atoms with E-state index in [0.29, 0.717) is 24.4 Å². The second-order valence-electron chi connectivity index (χ2n) is 4.91. The zero-order valence-corrected chi connectivity index (χ0v) is 13.1. The van der Waals surface area contributed by atoms with Gasteiger partial charge in [-0.2, -0.15) is 15.0 Å². The van der Waals surface area contributed by atoms with Gasteiger partial charge in [0.1, 0.15) is 5.82 Å². The molecule has 1 unspecified atom stereocenters. The quantitative estimate of drug-likeness (QED) is 0.905. The Kier molecular flexibility index (Phi) is 4.51. The molecule has 2 rings (SSSR count). The first kappa shape index (κ1) is 14.7. The van der Waals surface area contributed by atoms with Gasteiger partial charge < -0.3 is 10.6 Å². The minimum Gasteiger partial charge on any atom is -0.368 e. The molecule has 0 aromatic carbocycles. The SMILES string of the molecule is CC(c1cccs1)N(C)Cc1nc(N)nc(N(C)C)n1. The predicted molar refractivity (Wildman–Crippen MR) is 82.8 cm³/mol. The number of hydrogen-bond acceptors (Lipinski definition) is 7. The maximum atomic E-state index is 5.74. The topological polar surface area (TPSA) is 71.2 Å². The first-order valence-corrected chi connectivity index (χ1v) is 7.26. The lowest BCUT2D eigenvalue weighted by molar-refractivity contribution is 0.250. The molecule has 0 aliphatic carbocycles. The molecule has 0 saturated carbocycles. The minimum absolute atomic E-state index is 0.260. The van der Waals surface area contributed by atoms with E-state index < -0.39 is 0 Å². The number of anilines is 2. The Bertz CT molecular complexity index is 554. The summed E-state index contributed by atoms with van der Waals surface area (Å²) in [5.41, 5.74) is 5.74. The van der Waals surface area contributed by atoms with Crippen LogP contribution < -0.4 is 10.6 Å². The molecule has 1 atom stereocenters. The van der Waals surface area contributed by atoms with Crippen LogP contribution >= 0.6 is 11.3 Å². The highest BCUT2D eigenvalue weighted by Crippen LogP contribution is 2.24. The van der Waals surface area contributed by atoms with E-state index in [1.807, 2.05) is 19.0 Å². The van der Waals surface area contributed by atoms with Crippen LogP contribution in [0.15, 0.2) is 17.5 Å². The minimum atomic E-state index is 0.260. The predicted octanol–water partition coefficient (Wildman–Crippen LogP) is 1.77. The monoisotopic (exact) mass is 292 g/mol. The fourth-order valence-corrected chi connectivity index (χ4v) is 2.65. The van der Waals surface area contributed by atoms with Gasteiger partial charge in [-0.15, -0.1) is 11.3 Å². The highest BCUT2D eigenvalue weighted by Gasteiger charge is 2.15. The van der Waals surface area contributed by atoms with Crippen molar-refractivity contribution >= 4 is 23.2 Å². The summed E-state index contributed by atoms with van der Waals surface area (Å²) in [6, 6.07) is 4.52. The second-order valence-corrected chi connectivity index (χ2v) is 5.89. The third-order valence-corrected chi connectivity index (χ3v) is 4.14. The molecule has 0 saturated heterocycles. The van der Waals surface area contributed by atoms with E-state index in [1.165, 1.54) is 4.88 Å². The van der Waals surface area contributed by atoms with Crippen LogP contribution in [0.25, 0.3) is 0 Å². The fourth-order valence-electron chi connectivity index (χ4n) is 1.80. The first-order valence-electron chi connectivity index (χ1n) is 6.38. The average Bonchev–Trinajstić information content (AvgIpc) is 2.90. The number of nitrogen functional groups attached to an aromatic ring is 1. The molecule has 6 nitrogen and oxygen atoms in total. The largest absolute Gasteiger partial charge is 0.368 e. The summed E-state index contributed by atoms with van der Waals surface area (Å²) in [7, 11) is 5.83.